The molecule has 5 heteroatoms. The topological polar surface area (TPSA) is 58.6 Å². The molecule has 4 nitrogen and oxygen atoms in total. The zero-order chi connectivity index (χ0) is 15.1. The first-order chi connectivity index (χ1) is 10.2. The molecule has 2 aromatic rings. The summed E-state index contributed by atoms with van der Waals surface area (Å²) in [5.74, 6) is 6.29. The number of carbonyl (C=O) groups is 1. The maximum Gasteiger partial charge on any atom is 0.265 e. The van der Waals surface area contributed by atoms with Gasteiger partial charge in [0.1, 0.15) is 5.75 Å². The highest BCUT2D eigenvalue weighted by molar-refractivity contribution is 7.12. The van der Waals surface area contributed by atoms with Crippen LogP contribution in [-0.4, -0.2) is 24.7 Å². The molecule has 2 rings (SSSR count). The van der Waals surface area contributed by atoms with Gasteiger partial charge in [-0.1, -0.05) is 11.8 Å². The first kappa shape index (κ1) is 15.1. The number of thiophene rings is 1. The standard InChI is InChI=1S/C16H15NO3S/c1-20-14-10-15(21-11-14)16(19)17-13-7-5-12(6-8-13)4-2-3-9-18/h5-8,10-11,18H,3,9H2,1H3,(H,17,19). The lowest BCUT2D eigenvalue weighted by Crippen LogP contribution is -2.09. The molecule has 1 heterocycles. The van der Waals surface area contributed by atoms with Crippen LogP contribution >= 0.6 is 11.3 Å². The van der Waals surface area contributed by atoms with Gasteiger partial charge >= 0.3 is 0 Å². The highest BCUT2D eigenvalue weighted by atomic mass is 32.1. The van der Waals surface area contributed by atoms with Gasteiger partial charge in [-0.05, 0) is 24.3 Å². The molecule has 0 atom stereocenters. The van der Waals surface area contributed by atoms with Crippen LogP contribution in [0.15, 0.2) is 35.7 Å². The summed E-state index contributed by atoms with van der Waals surface area (Å²) in [5.41, 5.74) is 1.55. The summed E-state index contributed by atoms with van der Waals surface area (Å²) >= 11 is 1.34. The van der Waals surface area contributed by atoms with E-state index in [1.165, 1.54) is 11.3 Å². The molecule has 0 saturated heterocycles. The lowest BCUT2D eigenvalue weighted by atomic mass is 10.2. The van der Waals surface area contributed by atoms with Gasteiger partial charge < -0.3 is 15.2 Å². The molecular weight excluding hydrogens is 286 g/mol. The van der Waals surface area contributed by atoms with Crippen molar-refractivity contribution in [3.63, 3.8) is 0 Å². The summed E-state index contributed by atoms with van der Waals surface area (Å²) in [6.45, 7) is 0.0609. The molecule has 0 bridgehead atoms. The molecule has 0 aliphatic rings. The Morgan fingerprint density at radius 2 is 2.14 bits per heavy atom. The summed E-state index contributed by atoms with van der Waals surface area (Å²) in [6, 6.07) is 8.95. The summed E-state index contributed by atoms with van der Waals surface area (Å²) in [4.78, 5) is 12.6. The van der Waals surface area contributed by atoms with Crippen molar-refractivity contribution < 1.29 is 14.6 Å². The number of aliphatic hydroxyl groups excluding tert-OH is 1. The van der Waals surface area contributed by atoms with E-state index in [1.54, 1.807) is 30.7 Å². The molecule has 1 aromatic carbocycles. The smallest absolute Gasteiger partial charge is 0.265 e. The van der Waals surface area contributed by atoms with Crippen LogP contribution in [0.4, 0.5) is 5.69 Å². The highest BCUT2D eigenvalue weighted by Crippen LogP contribution is 2.22. The Morgan fingerprint density at radius 1 is 1.38 bits per heavy atom. The number of rotatable bonds is 4. The van der Waals surface area contributed by atoms with Crippen LogP contribution in [0.3, 0.4) is 0 Å². The lowest BCUT2D eigenvalue weighted by molar-refractivity contribution is 0.103. The molecule has 2 N–H and O–H groups in total. The van der Waals surface area contributed by atoms with Crippen LogP contribution in [0.5, 0.6) is 5.75 Å². The Morgan fingerprint density at radius 3 is 2.76 bits per heavy atom. The average molecular weight is 301 g/mol. The molecule has 1 aromatic heterocycles. The molecule has 0 unspecified atom stereocenters. The number of carbonyl (C=O) groups excluding carboxylic acids is 1. The van der Waals surface area contributed by atoms with Crippen LogP contribution in [0, 0.1) is 11.8 Å². The van der Waals surface area contributed by atoms with Gasteiger partial charge in [0.15, 0.2) is 0 Å². The van der Waals surface area contributed by atoms with Crippen LogP contribution in [0.1, 0.15) is 21.7 Å². The van der Waals surface area contributed by atoms with E-state index in [0.29, 0.717) is 22.7 Å². The predicted octanol–water partition coefficient (Wildman–Crippen LogP) is 2.74. The van der Waals surface area contributed by atoms with Gasteiger partial charge in [-0.2, -0.15) is 0 Å². The lowest BCUT2D eigenvalue weighted by Gasteiger charge is -2.03. The third-order valence-corrected chi connectivity index (χ3v) is 3.55. The van der Waals surface area contributed by atoms with E-state index >= 15 is 0 Å². The largest absolute Gasteiger partial charge is 0.496 e. The van der Waals surface area contributed by atoms with E-state index in [1.807, 2.05) is 12.1 Å². The normalized spacial score (nSPS) is 9.62. The minimum absolute atomic E-state index is 0.0609. The summed E-state index contributed by atoms with van der Waals surface area (Å²) in [6.07, 6.45) is 0.457. The zero-order valence-electron chi connectivity index (χ0n) is 11.6. The molecule has 0 aliphatic heterocycles. The number of benzene rings is 1. The van der Waals surface area contributed by atoms with Crippen molar-refractivity contribution in [2.45, 2.75) is 6.42 Å². The van der Waals surface area contributed by atoms with Crippen molar-refractivity contribution in [1.29, 1.82) is 0 Å². The number of hydrogen-bond acceptors (Lipinski definition) is 4. The van der Waals surface area contributed by atoms with E-state index in [0.717, 1.165) is 5.56 Å². The number of amides is 1. The second kappa shape index (κ2) is 7.48. The first-order valence-electron chi connectivity index (χ1n) is 6.36. The summed E-state index contributed by atoms with van der Waals surface area (Å²) < 4.78 is 5.06. The minimum atomic E-state index is -0.164. The van der Waals surface area contributed by atoms with E-state index in [4.69, 9.17) is 9.84 Å². The molecule has 0 saturated carbocycles. The van der Waals surface area contributed by atoms with Crippen molar-refractivity contribution in [2.24, 2.45) is 0 Å². The van der Waals surface area contributed by atoms with E-state index < -0.39 is 0 Å². The second-order valence-corrected chi connectivity index (χ2v) is 5.07. The Labute approximate surface area is 127 Å². The average Bonchev–Trinajstić information content (AvgIpc) is 2.98. The molecular formula is C16H15NO3S. The third kappa shape index (κ3) is 4.35. The van der Waals surface area contributed by atoms with E-state index in [-0.39, 0.29) is 12.5 Å². The van der Waals surface area contributed by atoms with Gasteiger partial charge in [-0.15, -0.1) is 11.3 Å². The van der Waals surface area contributed by atoms with Gasteiger partial charge in [0, 0.05) is 29.1 Å². The van der Waals surface area contributed by atoms with Crippen molar-refractivity contribution >= 4 is 22.9 Å². The molecule has 0 spiro atoms. The van der Waals surface area contributed by atoms with E-state index in [9.17, 15) is 4.79 Å². The summed E-state index contributed by atoms with van der Waals surface area (Å²) in [5, 5.41) is 13.3. The van der Waals surface area contributed by atoms with Gasteiger partial charge in [0.2, 0.25) is 0 Å². The third-order valence-electron chi connectivity index (χ3n) is 2.65. The Bertz CT molecular complexity index is 665. The van der Waals surface area contributed by atoms with Crippen LogP contribution < -0.4 is 10.1 Å². The molecule has 108 valence electrons. The number of ether oxygens (including phenoxy) is 1. The Balaban J connectivity index is 2.00. The van der Waals surface area contributed by atoms with Gasteiger partial charge in [0.25, 0.3) is 5.91 Å². The van der Waals surface area contributed by atoms with E-state index in [2.05, 4.69) is 17.2 Å². The maximum absolute atomic E-state index is 12.0. The number of anilines is 1. The zero-order valence-corrected chi connectivity index (χ0v) is 12.4. The highest BCUT2D eigenvalue weighted by Gasteiger charge is 2.09. The number of aliphatic hydroxyl groups is 1. The maximum atomic E-state index is 12.0. The first-order valence-corrected chi connectivity index (χ1v) is 7.24. The molecule has 0 fully saturated rings. The van der Waals surface area contributed by atoms with Crippen molar-refractivity contribution in [3.05, 3.63) is 46.2 Å². The van der Waals surface area contributed by atoms with Gasteiger partial charge in [-0.25, -0.2) is 0 Å². The molecule has 0 aliphatic carbocycles. The van der Waals surface area contributed by atoms with Crippen molar-refractivity contribution in [1.82, 2.24) is 0 Å². The van der Waals surface area contributed by atoms with Crippen molar-refractivity contribution in [2.75, 3.05) is 19.0 Å². The summed E-state index contributed by atoms with van der Waals surface area (Å²) in [7, 11) is 1.57. The van der Waals surface area contributed by atoms with Gasteiger partial charge in [-0.3, -0.25) is 4.79 Å². The monoisotopic (exact) mass is 301 g/mol. The molecule has 0 radical (unpaired) electrons. The quantitative estimate of drug-likeness (QED) is 0.854. The van der Waals surface area contributed by atoms with Crippen LogP contribution in [0.2, 0.25) is 0 Å². The van der Waals surface area contributed by atoms with Crippen molar-refractivity contribution in [3.8, 4) is 17.6 Å². The number of methoxy groups -OCH3 is 1. The minimum Gasteiger partial charge on any atom is -0.496 e. The van der Waals surface area contributed by atoms with Gasteiger partial charge in [0.05, 0.1) is 18.6 Å². The fourth-order valence-corrected chi connectivity index (χ4v) is 2.34. The Kier molecular flexibility index (Phi) is 5.38. The fraction of sp³-hybridized carbons (Fsp3) is 0.188. The number of hydrogen-bond donors (Lipinski definition) is 2. The Hall–Kier alpha value is -2.29. The second-order valence-electron chi connectivity index (χ2n) is 4.16. The fourth-order valence-electron chi connectivity index (χ4n) is 1.59. The SMILES string of the molecule is COc1csc(C(=O)Nc2ccc(C#CCCO)cc2)c1. The predicted molar refractivity (Wildman–Crippen MR) is 83.8 cm³/mol. The molecule has 21 heavy (non-hydrogen) atoms. The molecule has 1 amide bonds. The van der Waals surface area contributed by atoms with Crippen LogP contribution in [0.25, 0.3) is 0 Å². The number of nitrogens with one attached hydrogen (secondary N) is 1. The van der Waals surface area contributed by atoms with Crippen LogP contribution in [-0.2, 0) is 0 Å².